The summed E-state index contributed by atoms with van der Waals surface area (Å²) in [6, 6.07) is -21.2. The molecule has 0 aromatic carbocycles. The molecule has 117 heavy (non-hydrogen) atoms. The quantitative estimate of drug-likeness (QED) is 0.0153. The molecule has 0 aliphatic carbocycles. The molecule has 666 valence electrons. The Labute approximate surface area is 682 Å². The van der Waals surface area contributed by atoms with Crippen molar-refractivity contribution in [2.75, 3.05) is 32.8 Å². The Balaban J connectivity index is 7.02. The molecule has 0 rings (SSSR count). The lowest BCUT2D eigenvalue weighted by molar-refractivity contribution is -0.139. The average Bonchev–Trinajstić information content (AvgIpc) is 0.847. The molecule has 0 aliphatic rings. The van der Waals surface area contributed by atoms with Crippen LogP contribution in [0, 0.1) is 41.4 Å². The van der Waals surface area contributed by atoms with Crippen LogP contribution in [0.15, 0.2) is 4.99 Å². The number of rotatable bonds is 57. The van der Waals surface area contributed by atoms with Gasteiger partial charge in [-0.2, -0.15) is 0 Å². The molecule has 0 aliphatic heterocycles. The molecular formula is C74H133N21O22. The molecule has 0 aromatic heterocycles. The summed E-state index contributed by atoms with van der Waals surface area (Å²) in [6.07, 6.45) is -3.21. The number of aliphatic hydroxyl groups is 2. The van der Waals surface area contributed by atoms with Crippen molar-refractivity contribution < 1.29 is 107 Å². The molecule has 29 N–H and O–H groups in total. The molecule has 0 aromatic rings. The normalized spacial score (nSPS) is 15.2. The molecule has 0 saturated heterocycles. The maximum atomic E-state index is 14.5. The number of primary amides is 1. The largest absolute Gasteiger partial charge is 0.481 e. The van der Waals surface area contributed by atoms with E-state index in [0.29, 0.717) is 12.8 Å². The number of aliphatic imine (C=N–C) groups is 1. The van der Waals surface area contributed by atoms with Gasteiger partial charge in [0.05, 0.1) is 25.7 Å². The molecule has 15 atom stereocenters. The topological polar surface area (TPSA) is 711 Å². The van der Waals surface area contributed by atoms with Crippen LogP contribution >= 0.6 is 0 Å². The van der Waals surface area contributed by atoms with Crippen LogP contribution in [-0.4, -0.2) is 256 Å². The molecule has 0 spiro atoms. The van der Waals surface area contributed by atoms with Crippen LogP contribution in [0.25, 0.3) is 0 Å². The number of carboxylic acid groups (broad SMARTS) is 2. The Hall–Kier alpha value is -10.4. The van der Waals surface area contributed by atoms with Gasteiger partial charge in [0.1, 0.15) is 91.1 Å². The van der Waals surface area contributed by atoms with E-state index in [2.05, 4.69) is 84.7 Å². The third-order valence-corrected chi connectivity index (χ3v) is 17.8. The van der Waals surface area contributed by atoms with Gasteiger partial charge in [-0.05, 0) is 126 Å². The van der Waals surface area contributed by atoms with Crippen molar-refractivity contribution in [3.05, 3.63) is 0 Å². The first-order chi connectivity index (χ1) is 54.4. The number of nitrogens with two attached hydrogens (primary N) is 5. The summed E-state index contributed by atoms with van der Waals surface area (Å²) in [5.41, 5.74) is 27.8. The third kappa shape index (κ3) is 42.3. The van der Waals surface area contributed by atoms with E-state index in [1.807, 2.05) is 0 Å². The Morgan fingerprint density at radius 3 is 1.05 bits per heavy atom. The summed E-state index contributed by atoms with van der Waals surface area (Å²) in [7, 11) is 0. The van der Waals surface area contributed by atoms with Gasteiger partial charge in [0.15, 0.2) is 5.96 Å². The van der Waals surface area contributed by atoms with E-state index in [9.17, 15) is 96.5 Å². The van der Waals surface area contributed by atoms with E-state index in [-0.39, 0.29) is 94.1 Å². The number of nitrogens with zero attached hydrogens (tertiary/aromatic N) is 1. The summed E-state index contributed by atoms with van der Waals surface area (Å²) in [4.78, 5) is 247. The Bertz CT molecular complexity index is 3370. The van der Waals surface area contributed by atoms with Crippen molar-refractivity contribution in [3.63, 3.8) is 0 Å². The van der Waals surface area contributed by atoms with Crippen molar-refractivity contribution in [3.8, 4) is 0 Å². The average molecular weight is 1670 g/mol. The number of amides is 16. The lowest BCUT2D eigenvalue weighted by atomic mass is 9.97. The van der Waals surface area contributed by atoms with E-state index in [0.717, 1.165) is 6.92 Å². The zero-order chi connectivity index (χ0) is 90.0. The number of guanidine groups is 1. The van der Waals surface area contributed by atoms with Crippen molar-refractivity contribution >= 4 is 112 Å². The molecule has 0 saturated carbocycles. The van der Waals surface area contributed by atoms with E-state index < -0.39 is 247 Å². The first-order valence-electron chi connectivity index (χ1n) is 39.4. The minimum absolute atomic E-state index is 0.0164. The van der Waals surface area contributed by atoms with Crippen molar-refractivity contribution in [1.82, 2.24) is 79.8 Å². The number of nitrogens with one attached hydrogen (secondary N) is 15. The highest BCUT2D eigenvalue weighted by Crippen LogP contribution is 2.17. The van der Waals surface area contributed by atoms with Gasteiger partial charge in [-0.1, -0.05) is 96.9 Å². The number of aliphatic carboxylic acids is 2. The molecule has 0 heterocycles. The highest BCUT2D eigenvalue weighted by atomic mass is 16.4. The minimum Gasteiger partial charge on any atom is -0.481 e. The van der Waals surface area contributed by atoms with Gasteiger partial charge in [-0.15, -0.1) is 0 Å². The first kappa shape index (κ1) is 107. The highest BCUT2D eigenvalue weighted by molar-refractivity contribution is 6.01. The van der Waals surface area contributed by atoms with Crippen LogP contribution in [0.1, 0.15) is 188 Å². The maximum Gasteiger partial charge on any atom is 0.322 e. The molecule has 0 fully saturated rings. The number of carboxylic acids is 2. The predicted octanol–water partition coefficient (Wildman–Crippen LogP) is -6.60. The van der Waals surface area contributed by atoms with Crippen molar-refractivity contribution in [2.45, 2.75) is 279 Å². The second-order valence-electron chi connectivity index (χ2n) is 31.6. The van der Waals surface area contributed by atoms with Crippen LogP contribution in [0.5, 0.6) is 0 Å². The van der Waals surface area contributed by atoms with E-state index in [1.165, 1.54) is 20.8 Å². The second kappa shape index (κ2) is 54.5. The van der Waals surface area contributed by atoms with Crippen LogP contribution in [0.3, 0.4) is 0 Å². The fourth-order valence-corrected chi connectivity index (χ4v) is 11.6. The van der Waals surface area contributed by atoms with Crippen LogP contribution in [0.4, 0.5) is 0 Å². The number of carbonyl (C=O) groups excluding carboxylic acids is 16. The predicted molar refractivity (Wildman–Crippen MR) is 427 cm³/mol. The molecule has 43 nitrogen and oxygen atoms in total. The Kier molecular flexibility index (Phi) is 49.6. The summed E-state index contributed by atoms with van der Waals surface area (Å²) in [5.74, 6) is -21.8. The lowest BCUT2D eigenvalue weighted by Gasteiger charge is -2.31. The Morgan fingerprint density at radius 1 is 0.342 bits per heavy atom. The summed E-state index contributed by atoms with van der Waals surface area (Å²) < 4.78 is 0. The molecular weight excluding hydrogens is 1530 g/mol. The third-order valence-electron chi connectivity index (χ3n) is 17.8. The first-order valence-corrected chi connectivity index (χ1v) is 39.4. The van der Waals surface area contributed by atoms with Gasteiger partial charge in [0, 0.05) is 13.0 Å². The van der Waals surface area contributed by atoms with Gasteiger partial charge >= 0.3 is 11.9 Å². The van der Waals surface area contributed by atoms with E-state index in [4.69, 9.17) is 38.9 Å². The fraction of sp³-hybridized carbons (Fsp3) is 0.743. The van der Waals surface area contributed by atoms with Crippen molar-refractivity contribution in [1.29, 1.82) is 0 Å². The second-order valence-corrected chi connectivity index (χ2v) is 31.6. The van der Waals surface area contributed by atoms with Crippen LogP contribution in [-0.2, 0) is 86.3 Å². The smallest absolute Gasteiger partial charge is 0.322 e. The Morgan fingerprint density at radius 2 is 0.667 bits per heavy atom. The van der Waals surface area contributed by atoms with E-state index >= 15 is 0 Å². The summed E-state index contributed by atoms with van der Waals surface area (Å²) in [6.45, 7) is 23.2. The van der Waals surface area contributed by atoms with Crippen LogP contribution < -0.4 is 108 Å². The van der Waals surface area contributed by atoms with Crippen LogP contribution in [0.2, 0.25) is 0 Å². The monoisotopic (exact) mass is 1670 g/mol. The number of hydrogen-bond donors (Lipinski definition) is 24. The highest BCUT2D eigenvalue weighted by Gasteiger charge is 2.40. The van der Waals surface area contributed by atoms with Gasteiger partial charge in [-0.25, -0.2) is 0 Å². The molecule has 16 amide bonds. The van der Waals surface area contributed by atoms with Gasteiger partial charge in [0.2, 0.25) is 94.5 Å². The van der Waals surface area contributed by atoms with E-state index in [1.54, 1.807) is 83.1 Å². The van der Waals surface area contributed by atoms with Gasteiger partial charge in [-0.3, -0.25) is 91.3 Å². The number of hydrogen-bond acceptors (Lipinski definition) is 23. The van der Waals surface area contributed by atoms with Gasteiger partial charge in [0.25, 0.3) is 0 Å². The maximum absolute atomic E-state index is 14.5. The molecule has 0 unspecified atom stereocenters. The summed E-state index contributed by atoms with van der Waals surface area (Å²) >= 11 is 0. The zero-order valence-electron chi connectivity index (χ0n) is 70.2. The van der Waals surface area contributed by atoms with Gasteiger partial charge < -0.3 is 129 Å². The molecule has 43 heteroatoms. The standard InChI is InChI=1S/C74H133N21O22/c1-34(2)26-46(86-60(104)41(15)82-61(105)45(22-23-54(100)101)83-53(99)31-76)66(110)91-51(33-96)69(113)95-59(42(16)97)73(117)94-58(40(13)14)72(116)90-49(29-37(7)8)68(112)93-57(39(11)12)71(115)89-48(28-36(5)6)65(109)88-50(30-52(77)98)67(111)85-44(21-19-25-80-74(78)79)62(106)87-47(27-35(3)4)64(108)84-43(20-17-18-24-75)63(107)92-56(38(9)10)70(114)81-32-55(102)103/h34-51,56-59,96-97H,17-33,75-76H2,1-16H3,(H2,77,98)(H,81,114)(H,82,105)(H,83,99)(H,84,108)(H,85,111)(H,86,104)(H,87,106)(H,88,109)(H,89,115)(H,90,116)(H,91,110)(H,92,107)(H,93,112)(H,94,117)(H,95,113)(H,100,101)(H,102,103)(H4,78,79,80)/t41-,42+,43-,44-,45-,46-,47-,48-,49-,50-,51-,56-,57-,58-,59-/m0/s1. The lowest BCUT2D eigenvalue weighted by Crippen LogP contribution is -2.63. The van der Waals surface area contributed by atoms with Crippen molar-refractivity contribution in [2.24, 2.45) is 75.1 Å². The number of unbranched alkanes of at least 4 members (excludes halogenated alkanes) is 1. The number of aliphatic hydroxyl groups excluding tert-OH is 2. The summed E-state index contributed by atoms with van der Waals surface area (Å²) in [5, 5.41) is 76.7. The fourth-order valence-electron chi connectivity index (χ4n) is 11.6. The number of carbonyl (C=O) groups is 18. The SMILES string of the molecule is CC(C)C[C@H](NC(=O)[C@H](C)NC(=O)[C@H](CCC(=O)O)NC(=O)CN)C(=O)N[C@@H](CO)C(=O)N[C@H](C(=O)N[C@H](C(=O)N[C@@H](CC(C)C)C(=O)N[C@H](C(=O)N[C@@H](CC(C)C)C(=O)N[C@@H](CC(N)=O)C(=O)N[C@@H](CCCN=C(N)N)C(=O)N[C@@H](CC(C)C)C(=O)N[C@@H](CCCCN)C(=O)N[C@H](C(=O)NCC(=O)O)C(C)C)C(C)C)C(C)C)[C@@H](C)O. The minimum atomic E-state index is -1.88. The molecule has 0 bridgehead atoms. The molecule has 0 radical (unpaired) electrons. The zero-order valence-corrected chi connectivity index (χ0v) is 70.2.